The zero-order chi connectivity index (χ0) is 22.9. The zero-order valence-corrected chi connectivity index (χ0v) is 21.5. The van der Waals surface area contributed by atoms with Crippen LogP contribution in [0.5, 0.6) is 0 Å². The van der Waals surface area contributed by atoms with Gasteiger partial charge in [0.15, 0.2) is 5.78 Å². The number of pyridine rings is 1. The molecule has 5 rings (SSSR count). The number of nitrogens with zero attached hydrogens (tertiary/aromatic N) is 1. The fraction of sp³-hybridized carbons (Fsp3) is 0.172. The zero-order valence-electron chi connectivity index (χ0n) is 19.1. The predicted octanol–water partition coefficient (Wildman–Crippen LogP) is 7.04. The van der Waals surface area contributed by atoms with Crippen molar-refractivity contribution < 1.29 is 30.0 Å². The van der Waals surface area contributed by atoms with Crippen molar-refractivity contribution in [3.05, 3.63) is 102 Å². The number of aliphatic hydroxyl groups excluding tert-OH is 1. The fourth-order valence-electron chi connectivity index (χ4n) is 4.40. The first-order valence-electron chi connectivity index (χ1n) is 10.7. The van der Waals surface area contributed by atoms with Gasteiger partial charge in [0, 0.05) is 32.4 Å². The fourth-order valence-corrected chi connectivity index (χ4v) is 4.40. The van der Waals surface area contributed by atoms with Gasteiger partial charge in [-0.05, 0) is 47.4 Å². The molecule has 1 aliphatic rings. The molecular weight excluding hydrogens is 587 g/mol. The maximum atomic E-state index is 10.0. The van der Waals surface area contributed by atoms with Gasteiger partial charge in [0.2, 0.25) is 0 Å². The number of allylic oxidation sites excluding steroid dienone is 2. The van der Waals surface area contributed by atoms with E-state index in [-0.39, 0.29) is 37.1 Å². The largest absolute Gasteiger partial charge is 0.512 e. The number of hydrogen-bond acceptors (Lipinski definition) is 3. The van der Waals surface area contributed by atoms with E-state index >= 15 is 0 Å². The minimum Gasteiger partial charge on any atom is -0.512 e. The molecule has 0 spiro atoms. The number of fused-ring (bicyclic) bond motifs is 4. The number of aromatic nitrogens is 1. The second-order valence-corrected chi connectivity index (χ2v) is 8.62. The molecular formula is C29H26IrNO2-. The van der Waals surface area contributed by atoms with Gasteiger partial charge in [-0.2, -0.15) is 0 Å². The van der Waals surface area contributed by atoms with Crippen LogP contribution in [0, 0.1) is 6.07 Å². The van der Waals surface area contributed by atoms with Crippen LogP contribution in [0.3, 0.4) is 0 Å². The number of ketones is 1. The van der Waals surface area contributed by atoms with Crippen molar-refractivity contribution in [3.63, 3.8) is 0 Å². The first-order chi connectivity index (χ1) is 15.3. The molecule has 1 radical (unpaired) electrons. The topological polar surface area (TPSA) is 50.2 Å². The van der Waals surface area contributed by atoms with Crippen molar-refractivity contribution in [2.45, 2.75) is 33.1 Å². The second kappa shape index (κ2) is 9.82. The molecule has 4 aromatic rings. The van der Waals surface area contributed by atoms with Crippen LogP contribution in [0.1, 0.15) is 38.8 Å². The Hall–Kier alpha value is -3.07. The summed E-state index contributed by atoms with van der Waals surface area (Å²) < 4.78 is 0. The van der Waals surface area contributed by atoms with E-state index in [9.17, 15) is 4.79 Å². The molecule has 4 heteroatoms. The summed E-state index contributed by atoms with van der Waals surface area (Å²) >= 11 is 0. The van der Waals surface area contributed by atoms with Gasteiger partial charge in [-0.3, -0.25) is 4.79 Å². The smallest absolute Gasteiger partial charge is 0.155 e. The van der Waals surface area contributed by atoms with Gasteiger partial charge in [-0.25, -0.2) is 0 Å². The molecule has 1 heterocycles. The molecule has 0 saturated heterocycles. The Labute approximate surface area is 208 Å². The Kier molecular flexibility index (Phi) is 7.31. The van der Waals surface area contributed by atoms with Gasteiger partial charge in [0.25, 0.3) is 0 Å². The van der Waals surface area contributed by atoms with Crippen LogP contribution < -0.4 is 0 Å². The number of carbonyl (C=O) groups excluding carboxylic acids is 1. The average Bonchev–Trinajstić information content (AvgIpc) is 3.00. The summed E-state index contributed by atoms with van der Waals surface area (Å²) in [4.78, 5) is 14.7. The number of benzene rings is 3. The summed E-state index contributed by atoms with van der Waals surface area (Å²) in [6.07, 6.45) is 3.05. The monoisotopic (exact) mass is 613 g/mol. The Morgan fingerprint density at radius 1 is 0.970 bits per heavy atom. The van der Waals surface area contributed by atoms with Gasteiger partial charge >= 0.3 is 0 Å². The van der Waals surface area contributed by atoms with E-state index in [1.54, 1.807) is 0 Å². The Morgan fingerprint density at radius 3 is 2.36 bits per heavy atom. The molecule has 33 heavy (non-hydrogen) atoms. The maximum absolute atomic E-state index is 10.0. The molecule has 1 aromatic heterocycles. The predicted molar refractivity (Wildman–Crippen MR) is 131 cm³/mol. The SMILES string of the molecule is CC(=O)/C=C(/C)O.CC1(C)c2ccccc2-c2c[c-]c(-c3nccc4ccccc34)cc21.[Ir]. The minimum atomic E-state index is -0.125. The first-order valence-corrected chi connectivity index (χ1v) is 10.7. The van der Waals surface area contributed by atoms with E-state index < -0.39 is 0 Å². The molecule has 3 aromatic carbocycles. The summed E-state index contributed by atoms with van der Waals surface area (Å²) in [7, 11) is 0. The van der Waals surface area contributed by atoms with Crippen molar-refractivity contribution in [3.8, 4) is 22.4 Å². The third-order valence-corrected chi connectivity index (χ3v) is 5.86. The van der Waals surface area contributed by atoms with Crippen molar-refractivity contribution in [2.75, 3.05) is 0 Å². The molecule has 3 nitrogen and oxygen atoms in total. The van der Waals surface area contributed by atoms with Crippen LogP contribution in [0.25, 0.3) is 33.2 Å². The van der Waals surface area contributed by atoms with Crippen LogP contribution in [0.2, 0.25) is 0 Å². The van der Waals surface area contributed by atoms with Crippen LogP contribution in [0.15, 0.2) is 84.8 Å². The third kappa shape index (κ3) is 4.83. The molecule has 0 amide bonds. The normalized spacial score (nSPS) is 13.3. The Balaban J connectivity index is 0.000000337. The van der Waals surface area contributed by atoms with Gasteiger partial charge in [0.1, 0.15) is 0 Å². The Morgan fingerprint density at radius 2 is 1.67 bits per heavy atom. The average molecular weight is 613 g/mol. The van der Waals surface area contributed by atoms with E-state index in [1.165, 1.54) is 52.9 Å². The van der Waals surface area contributed by atoms with Crippen molar-refractivity contribution >= 4 is 16.6 Å². The molecule has 1 N–H and O–H groups in total. The van der Waals surface area contributed by atoms with E-state index in [0.29, 0.717) is 0 Å². The molecule has 1 aliphatic carbocycles. The molecule has 0 saturated carbocycles. The van der Waals surface area contributed by atoms with Gasteiger partial charge in [0.05, 0.1) is 5.76 Å². The molecule has 0 unspecified atom stereocenters. The molecule has 0 atom stereocenters. The van der Waals surface area contributed by atoms with Crippen LogP contribution in [-0.2, 0) is 30.3 Å². The molecule has 0 aliphatic heterocycles. The number of rotatable bonds is 2. The van der Waals surface area contributed by atoms with Crippen LogP contribution >= 0.6 is 0 Å². The summed E-state index contributed by atoms with van der Waals surface area (Å²) in [5.41, 5.74) is 7.45. The van der Waals surface area contributed by atoms with E-state index in [0.717, 1.165) is 11.3 Å². The van der Waals surface area contributed by atoms with E-state index in [2.05, 4.69) is 91.6 Å². The van der Waals surface area contributed by atoms with E-state index in [1.807, 2.05) is 6.20 Å². The van der Waals surface area contributed by atoms with Gasteiger partial charge in [-0.15, -0.1) is 29.3 Å². The van der Waals surface area contributed by atoms with Crippen LogP contribution in [0.4, 0.5) is 0 Å². The summed E-state index contributed by atoms with van der Waals surface area (Å²) in [5, 5.41) is 10.8. The standard InChI is InChI=1S/C24H18N.C5H8O2.Ir/c1-24(2)21-10-6-5-9-19(21)20-12-11-17(15-22(20)24)23-18-8-4-3-7-16(18)13-14-25-23;1-4(6)3-5(2)7;/h3-10,12-15H,1-2H3;3,6H,1-2H3;/q-1;;/b;4-3-;. The van der Waals surface area contributed by atoms with E-state index in [4.69, 9.17) is 5.11 Å². The van der Waals surface area contributed by atoms with Crippen molar-refractivity contribution in [1.29, 1.82) is 0 Å². The molecule has 0 fully saturated rings. The minimum absolute atomic E-state index is 0. The number of carbonyl (C=O) groups is 1. The number of aliphatic hydroxyl groups is 1. The van der Waals surface area contributed by atoms with Gasteiger partial charge < -0.3 is 10.1 Å². The summed E-state index contributed by atoms with van der Waals surface area (Å²) in [5.74, 6) is -0.0625. The Bertz CT molecular complexity index is 1350. The van der Waals surface area contributed by atoms with Crippen LogP contribution in [-0.4, -0.2) is 15.9 Å². The first kappa shape index (κ1) is 24.6. The van der Waals surface area contributed by atoms with Crippen molar-refractivity contribution in [1.82, 2.24) is 4.98 Å². The second-order valence-electron chi connectivity index (χ2n) is 8.62. The molecule has 0 bridgehead atoms. The number of hydrogen-bond donors (Lipinski definition) is 1. The summed E-state index contributed by atoms with van der Waals surface area (Å²) in [6.45, 7) is 7.46. The third-order valence-electron chi connectivity index (χ3n) is 5.86. The molecule has 169 valence electrons. The maximum Gasteiger partial charge on any atom is 0.155 e. The summed E-state index contributed by atoms with van der Waals surface area (Å²) in [6, 6.07) is 27.1. The quantitative estimate of drug-likeness (QED) is 0.150. The van der Waals surface area contributed by atoms with Gasteiger partial charge in [-0.1, -0.05) is 73.5 Å². The van der Waals surface area contributed by atoms with Crippen molar-refractivity contribution in [2.24, 2.45) is 0 Å².